The van der Waals surface area contributed by atoms with Gasteiger partial charge in [-0.1, -0.05) is 13.3 Å². The second-order valence-corrected chi connectivity index (χ2v) is 8.36. The fourth-order valence-corrected chi connectivity index (χ4v) is 4.32. The highest BCUT2D eigenvalue weighted by Gasteiger charge is 2.34. The predicted molar refractivity (Wildman–Crippen MR) is 83.8 cm³/mol. The lowest BCUT2D eigenvalue weighted by molar-refractivity contribution is 0.267. The second kappa shape index (κ2) is 6.83. The van der Waals surface area contributed by atoms with Crippen molar-refractivity contribution < 1.29 is 8.42 Å². The third-order valence-corrected chi connectivity index (χ3v) is 5.89. The quantitative estimate of drug-likeness (QED) is 0.901. The molecule has 0 saturated heterocycles. The van der Waals surface area contributed by atoms with Gasteiger partial charge in [0.05, 0.1) is 11.3 Å². The van der Waals surface area contributed by atoms with Gasteiger partial charge in [0.25, 0.3) is 0 Å². The summed E-state index contributed by atoms with van der Waals surface area (Å²) in [4.78, 5) is 8.87. The highest BCUT2D eigenvalue weighted by atomic mass is 32.2. The van der Waals surface area contributed by atoms with E-state index in [1.165, 1.54) is 6.26 Å². The van der Waals surface area contributed by atoms with Gasteiger partial charge in [-0.2, -0.15) is 0 Å². The molecule has 2 rings (SSSR count). The Morgan fingerprint density at radius 2 is 2.00 bits per heavy atom. The Kier molecular flexibility index (Phi) is 5.32. The first-order valence-electron chi connectivity index (χ1n) is 7.62. The van der Waals surface area contributed by atoms with E-state index in [1.54, 1.807) is 0 Å². The van der Waals surface area contributed by atoms with Crippen molar-refractivity contribution in [3.8, 4) is 0 Å². The molecule has 0 amide bonds. The van der Waals surface area contributed by atoms with Gasteiger partial charge in [0, 0.05) is 18.6 Å². The van der Waals surface area contributed by atoms with E-state index < -0.39 is 9.84 Å². The summed E-state index contributed by atoms with van der Waals surface area (Å²) in [6, 6.07) is 0.0418. The Labute approximate surface area is 127 Å². The van der Waals surface area contributed by atoms with Crippen LogP contribution in [0.5, 0.6) is 0 Å². The van der Waals surface area contributed by atoms with Crippen LogP contribution in [0.4, 0.5) is 0 Å². The average molecular weight is 311 g/mol. The van der Waals surface area contributed by atoms with Crippen LogP contribution < -0.4 is 5.32 Å². The second-order valence-electron chi connectivity index (χ2n) is 6.03. The van der Waals surface area contributed by atoms with Crippen molar-refractivity contribution >= 4 is 9.84 Å². The van der Waals surface area contributed by atoms with Crippen LogP contribution in [-0.4, -0.2) is 36.4 Å². The summed E-state index contributed by atoms with van der Waals surface area (Å²) in [5, 5.41) is 3.22. The van der Waals surface area contributed by atoms with Crippen molar-refractivity contribution in [2.24, 2.45) is 5.92 Å². The van der Waals surface area contributed by atoms with Gasteiger partial charge >= 0.3 is 0 Å². The number of rotatable bonds is 5. The lowest BCUT2D eigenvalue weighted by Gasteiger charge is -2.33. The molecule has 3 unspecified atom stereocenters. The third kappa shape index (κ3) is 4.23. The zero-order valence-electron chi connectivity index (χ0n) is 13.0. The van der Waals surface area contributed by atoms with E-state index in [4.69, 9.17) is 0 Å². The van der Waals surface area contributed by atoms with E-state index in [2.05, 4.69) is 22.2 Å². The van der Waals surface area contributed by atoms with E-state index in [1.807, 2.05) is 19.3 Å². The van der Waals surface area contributed by atoms with Crippen molar-refractivity contribution in [2.75, 3.05) is 12.8 Å². The van der Waals surface area contributed by atoms with E-state index in [0.717, 1.165) is 37.2 Å². The first-order valence-corrected chi connectivity index (χ1v) is 9.58. The van der Waals surface area contributed by atoms with Gasteiger partial charge in [-0.15, -0.1) is 0 Å². The molecule has 21 heavy (non-hydrogen) atoms. The first-order chi connectivity index (χ1) is 9.91. The SMILES string of the molecule is CCNC(c1ncc(C)cn1)C1CCCC(S(C)(=O)=O)C1. The van der Waals surface area contributed by atoms with Crippen molar-refractivity contribution in [3.05, 3.63) is 23.8 Å². The van der Waals surface area contributed by atoms with Crippen molar-refractivity contribution in [1.29, 1.82) is 0 Å². The van der Waals surface area contributed by atoms with E-state index in [9.17, 15) is 8.42 Å². The minimum absolute atomic E-state index is 0.0418. The maximum Gasteiger partial charge on any atom is 0.150 e. The molecule has 5 nitrogen and oxygen atoms in total. The fraction of sp³-hybridized carbons (Fsp3) is 0.733. The lowest BCUT2D eigenvalue weighted by atomic mass is 9.83. The Bertz CT molecular complexity index is 557. The summed E-state index contributed by atoms with van der Waals surface area (Å²) in [6.07, 6.45) is 8.46. The molecule has 0 radical (unpaired) electrons. The van der Waals surface area contributed by atoms with Gasteiger partial charge in [0.15, 0.2) is 0 Å². The zero-order valence-corrected chi connectivity index (χ0v) is 13.9. The predicted octanol–water partition coefficient (Wildman–Crippen LogP) is 2.04. The Morgan fingerprint density at radius 1 is 1.33 bits per heavy atom. The van der Waals surface area contributed by atoms with Gasteiger partial charge in [-0.3, -0.25) is 0 Å². The minimum Gasteiger partial charge on any atom is -0.307 e. The smallest absolute Gasteiger partial charge is 0.150 e. The Morgan fingerprint density at radius 3 is 2.57 bits per heavy atom. The van der Waals surface area contributed by atoms with E-state index >= 15 is 0 Å². The molecule has 118 valence electrons. The van der Waals surface area contributed by atoms with Gasteiger partial charge in [-0.25, -0.2) is 18.4 Å². The lowest BCUT2D eigenvalue weighted by Crippen LogP contribution is -2.36. The number of aromatic nitrogens is 2. The Balaban J connectivity index is 2.19. The van der Waals surface area contributed by atoms with Crippen molar-refractivity contribution in [3.63, 3.8) is 0 Å². The molecule has 3 atom stereocenters. The summed E-state index contributed by atoms with van der Waals surface area (Å²) in [5.41, 5.74) is 1.03. The molecule has 1 heterocycles. The third-order valence-electron chi connectivity index (χ3n) is 4.25. The highest BCUT2D eigenvalue weighted by Crippen LogP contribution is 2.35. The van der Waals surface area contributed by atoms with Crippen LogP contribution in [0.2, 0.25) is 0 Å². The molecule has 1 saturated carbocycles. The Hall–Kier alpha value is -1.01. The summed E-state index contributed by atoms with van der Waals surface area (Å²) in [5.74, 6) is 1.06. The molecular formula is C15H25N3O2S. The van der Waals surface area contributed by atoms with Crippen LogP contribution in [0.15, 0.2) is 12.4 Å². The normalized spacial score (nSPS) is 24.7. The summed E-state index contributed by atoms with van der Waals surface area (Å²) in [6.45, 7) is 4.84. The van der Waals surface area contributed by atoms with Crippen LogP contribution >= 0.6 is 0 Å². The molecule has 1 fully saturated rings. The molecule has 1 aliphatic carbocycles. The van der Waals surface area contributed by atoms with Crippen LogP contribution in [0.1, 0.15) is 50.0 Å². The summed E-state index contributed by atoms with van der Waals surface area (Å²) in [7, 11) is -2.96. The largest absolute Gasteiger partial charge is 0.307 e. The molecule has 0 bridgehead atoms. The number of nitrogens with one attached hydrogen (secondary N) is 1. The minimum atomic E-state index is -2.96. The van der Waals surface area contributed by atoms with Crippen LogP contribution in [0.3, 0.4) is 0 Å². The van der Waals surface area contributed by atoms with E-state index in [0.29, 0.717) is 6.42 Å². The summed E-state index contributed by atoms with van der Waals surface area (Å²) < 4.78 is 23.7. The first kappa shape index (κ1) is 16.4. The zero-order chi connectivity index (χ0) is 15.5. The average Bonchev–Trinajstić information content (AvgIpc) is 2.45. The molecule has 0 spiro atoms. The standard InChI is InChI=1S/C15H25N3O2S/c1-4-16-14(15-17-9-11(2)10-18-15)12-6-5-7-13(8-12)21(3,19)20/h9-10,12-14,16H,4-8H2,1-3H3. The number of hydrogen-bond donors (Lipinski definition) is 1. The maximum atomic E-state index is 11.8. The van der Waals surface area contributed by atoms with Gasteiger partial charge in [0.2, 0.25) is 0 Å². The van der Waals surface area contributed by atoms with Crippen LogP contribution in [-0.2, 0) is 9.84 Å². The summed E-state index contributed by atoms with van der Waals surface area (Å²) >= 11 is 0. The molecule has 1 aliphatic rings. The molecular weight excluding hydrogens is 286 g/mol. The van der Waals surface area contributed by atoms with Crippen molar-refractivity contribution in [2.45, 2.75) is 50.8 Å². The molecule has 0 aromatic carbocycles. The number of hydrogen-bond acceptors (Lipinski definition) is 5. The number of nitrogens with zero attached hydrogens (tertiary/aromatic N) is 2. The molecule has 0 aliphatic heterocycles. The van der Waals surface area contributed by atoms with Gasteiger partial charge in [0.1, 0.15) is 15.7 Å². The topological polar surface area (TPSA) is 72.0 Å². The molecule has 1 N–H and O–H groups in total. The van der Waals surface area contributed by atoms with Gasteiger partial charge in [-0.05, 0) is 44.2 Å². The molecule has 1 aromatic rings. The number of aryl methyl sites for hydroxylation is 1. The van der Waals surface area contributed by atoms with E-state index in [-0.39, 0.29) is 17.2 Å². The number of sulfone groups is 1. The van der Waals surface area contributed by atoms with Gasteiger partial charge < -0.3 is 5.32 Å². The maximum absolute atomic E-state index is 11.8. The highest BCUT2D eigenvalue weighted by molar-refractivity contribution is 7.91. The molecule has 6 heteroatoms. The molecule has 1 aromatic heterocycles. The monoisotopic (exact) mass is 311 g/mol. The van der Waals surface area contributed by atoms with Crippen molar-refractivity contribution in [1.82, 2.24) is 15.3 Å². The van der Waals surface area contributed by atoms with Crippen LogP contribution in [0, 0.1) is 12.8 Å². The van der Waals surface area contributed by atoms with Crippen LogP contribution in [0.25, 0.3) is 0 Å². The fourth-order valence-electron chi connectivity index (χ4n) is 3.12.